The third kappa shape index (κ3) is 3.22. The fourth-order valence-corrected chi connectivity index (χ4v) is 2.76. The molecule has 0 saturated carbocycles. The lowest BCUT2D eigenvalue weighted by molar-refractivity contribution is 0.0676. The first-order valence-corrected chi connectivity index (χ1v) is 7.57. The smallest absolute Gasteiger partial charge is 0.254 e. The van der Waals surface area contributed by atoms with E-state index >= 15 is 0 Å². The van der Waals surface area contributed by atoms with Crippen LogP contribution in [0.3, 0.4) is 0 Å². The van der Waals surface area contributed by atoms with E-state index in [-0.39, 0.29) is 11.9 Å². The van der Waals surface area contributed by atoms with Gasteiger partial charge in [-0.1, -0.05) is 26.0 Å². The van der Waals surface area contributed by atoms with E-state index in [2.05, 4.69) is 18.8 Å². The predicted molar refractivity (Wildman–Crippen MR) is 86.2 cm³/mol. The van der Waals surface area contributed by atoms with E-state index < -0.39 is 0 Å². The monoisotopic (exact) mass is 285 g/mol. The Morgan fingerprint density at radius 1 is 1.24 bits per heavy atom. The zero-order chi connectivity index (χ0) is 15.2. The highest BCUT2D eigenvalue weighted by atomic mass is 16.2. The molecule has 1 aromatic heterocycles. The largest absolute Gasteiger partial charge is 0.334 e. The summed E-state index contributed by atoms with van der Waals surface area (Å²) >= 11 is 0. The highest BCUT2D eigenvalue weighted by Gasteiger charge is 2.23. The molecule has 0 aliphatic heterocycles. The summed E-state index contributed by atoms with van der Waals surface area (Å²) in [7, 11) is 0. The van der Waals surface area contributed by atoms with Gasteiger partial charge in [-0.3, -0.25) is 9.78 Å². The molecule has 0 atom stereocenters. The van der Waals surface area contributed by atoms with E-state index in [0.29, 0.717) is 18.7 Å². The van der Waals surface area contributed by atoms with Gasteiger partial charge in [-0.05, 0) is 31.0 Å². The number of hydrogen-bond acceptors (Lipinski definition) is 3. The lowest BCUT2D eigenvalue weighted by Crippen LogP contribution is -2.42. The van der Waals surface area contributed by atoms with E-state index in [0.717, 1.165) is 23.7 Å². The van der Waals surface area contributed by atoms with Gasteiger partial charge in [-0.15, -0.1) is 0 Å². The number of nitrogens with two attached hydrogens (primary N) is 1. The zero-order valence-corrected chi connectivity index (χ0v) is 12.7. The molecule has 2 aromatic rings. The van der Waals surface area contributed by atoms with Gasteiger partial charge in [0.05, 0.1) is 5.52 Å². The highest BCUT2D eigenvalue weighted by Crippen LogP contribution is 2.20. The maximum absolute atomic E-state index is 13.0. The molecule has 0 spiro atoms. The summed E-state index contributed by atoms with van der Waals surface area (Å²) in [5, 5.41) is 0.901. The van der Waals surface area contributed by atoms with E-state index in [1.54, 1.807) is 6.20 Å². The molecule has 1 heterocycles. The van der Waals surface area contributed by atoms with Crippen LogP contribution in [0.25, 0.3) is 10.9 Å². The molecule has 0 aliphatic carbocycles. The van der Waals surface area contributed by atoms with Gasteiger partial charge in [0.25, 0.3) is 5.91 Å². The van der Waals surface area contributed by atoms with Crippen molar-refractivity contribution in [2.75, 3.05) is 13.1 Å². The summed E-state index contributed by atoms with van der Waals surface area (Å²) in [6.45, 7) is 5.28. The minimum Gasteiger partial charge on any atom is -0.334 e. The number of amides is 1. The van der Waals surface area contributed by atoms with Gasteiger partial charge in [0.15, 0.2) is 0 Å². The fourth-order valence-electron chi connectivity index (χ4n) is 2.76. The molecule has 2 N–H and O–H groups in total. The van der Waals surface area contributed by atoms with Crippen LogP contribution < -0.4 is 5.73 Å². The van der Waals surface area contributed by atoms with Crippen LogP contribution >= 0.6 is 0 Å². The maximum Gasteiger partial charge on any atom is 0.254 e. The first-order valence-electron chi connectivity index (χ1n) is 7.57. The number of fused-ring (bicyclic) bond motifs is 1. The summed E-state index contributed by atoms with van der Waals surface area (Å²) in [5.74, 6) is 0.0488. The highest BCUT2D eigenvalue weighted by molar-refractivity contribution is 6.06. The van der Waals surface area contributed by atoms with Gasteiger partial charge >= 0.3 is 0 Å². The van der Waals surface area contributed by atoms with Crippen LogP contribution in [-0.2, 0) is 0 Å². The zero-order valence-electron chi connectivity index (χ0n) is 12.7. The molecule has 0 fully saturated rings. The molecule has 112 valence electrons. The van der Waals surface area contributed by atoms with Crippen LogP contribution in [0.1, 0.15) is 37.0 Å². The van der Waals surface area contributed by atoms with Crippen molar-refractivity contribution in [2.24, 2.45) is 5.73 Å². The van der Waals surface area contributed by atoms with Gasteiger partial charge in [0.1, 0.15) is 0 Å². The molecule has 2 rings (SSSR count). The average Bonchev–Trinajstić information content (AvgIpc) is 2.54. The first-order chi connectivity index (χ1) is 10.2. The topological polar surface area (TPSA) is 59.2 Å². The van der Waals surface area contributed by atoms with Gasteiger partial charge < -0.3 is 10.6 Å². The fraction of sp³-hybridized carbons (Fsp3) is 0.412. The summed E-state index contributed by atoms with van der Waals surface area (Å²) in [4.78, 5) is 19.2. The van der Waals surface area contributed by atoms with E-state index in [9.17, 15) is 4.79 Å². The lowest BCUT2D eigenvalue weighted by atomic mass is 10.0. The van der Waals surface area contributed by atoms with Crippen LogP contribution in [0.2, 0.25) is 0 Å². The molecular formula is C17H23N3O. The van der Waals surface area contributed by atoms with Crippen molar-refractivity contribution < 1.29 is 4.79 Å². The number of rotatable bonds is 6. The normalized spacial score (nSPS) is 11.0. The Labute approximate surface area is 126 Å². The number of aromatic nitrogens is 1. The second kappa shape index (κ2) is 7.18. The Bertz CT molecular complexity index is 603. The van der Waals surface area contributed by atoms with Crippen LogP contribution in [0.5, 0.6) is 0 Å². The van der Waals surface area contributed by atoms with Crippen molar-refractivity contribution in [2.45, 2.75) is 32.7 Å². The number of carbonyl (C=O) groups excluding carboxylic acids is 1. The van der Waals surface area contributed by atoms with Gasteiger partial charge in [0, 0.05) is 36.3 Å². The quantitative estimate of drug-likeness (QED) is 0.888. The Morgan fingerprint density at radius 2 is 2.00 bits per heavy atom. The Kier molecular flexibility index (Phi) is 5.28. The first kappa shape index (κ1) is 15.4. The molecule has 0 saturated heterocycles. The van der Waals surface area contributed by atoms with Crippen molar-refractivity contribution in [1.29, 1.82) is 0 Å². The SMILES string of the molecule is CCC(CC)N(CCN)C(=O)c1cccc2ncccc12. The summed E-state index contributed by atoms with van der Waals surface area (Å²) in [5.41, 5.74) is 7.26. The van der Waals surface area contributed by atoms with Crippen LogP contribution in [0.15, 0.2) is 36.5 Å². The average molecular weight is 285 g/mol. The van der Waals surface area contributed by atoms with Gasteiger partial charge in [-0.25, -0.2) is 0 Å². The van der Waals surface area contributed by atoms with Crippen molar-refractivity contribution >= 4 is 16.8 Å². The predicted octanol–water partition coefficient (Wildman–Crippen LogP) is 2.82. The molecule has 0 radical (unpaired) electrons. The number of carbonyl (C=O) groups is 1. The summed E-state index contributed by atoms with van der Waals surface area (Å²) in [6.07, 6.45) is 3.62. The minimum absolute atomic E-state index is 0.0488. The van der Waals surface area contributed by atoms with E-state index in [1.807, 2.05) is 35.2 Å². The van der Waals surface area contributed by atoms with Crippen LogP contribution in [0, 0.1) is 0 Å². The molecule has 4 nitrogen and oxygen atoms in total. The van der Waals surface area contributed by atoms with Crippen molar-refractivity contribution in [3.63, 3.8) is 0 Å². The lowest BCUT2D eigenvalue weighted by Gasteiger charge is -2.30. The van der Waals surface area contributed by atoms with E-state index in [1.165, 1.54) is 0 Å². The third-order valence-corrected chi connectivity index (χ3v) is 3.89. The standard InChI is InChI=1S/C17H23N3O/c1-3-13(4-2)20(12-10-18)17(21)15-7-5-9-16-14(15)8-6-11-19-16/h5-9,11,13H,3-4,10,12,18H2,1-2H3. The minimum atomic E-state index is 0.0488. The molecular weight excluding hydrogens is 262 g/mol. The molecule has 0 aliphatic rings. The number of hydrogen-bond donors (Lipinski definition) is 1. The molecule has 0 unspecified atom stereocenters. The van der Waals surface area contributed by atoms with Crippen molar-refractivity contribution in [3.05, 3.63) is 42.1 Å². The Balaban J connectivity index is 2.43. The second-order valence-electron chi connectivity index (χ2n) is 5.13. The van der Waals surface area contributed by atoms with Crippen LogP contribution in [0.4, 0.5) is 0 Å². The molecule has 4 heteroatoms. The number of nitrogens with zero attached hydrogens (tertiary/aromatic N) is 2. The summed E-state index contributed by atoms with van der Waals surface area (Å²) < 4.78 is 0. The molecule has 0 bridgehead atoms. The van der Waals surface area contributed by atoms with Crippen molar-refractivity contribution in [3.8, 4) is 0 Å². The third-order valence-electron chi connectivity index (χ3n) is 3.89. The van der Waals surface area contributed by atoms with Crippen molar-refractivity contribution in [1.82, 2.24) is 9.88 Å². The molecule has 21 heavy (non-hydrogen) atoms. The Hall–Kier alpha value is -1.94. The van der Waals surface area contributed by atoms with E-state index in [4.69, 9.17) is 5.73 Å². The van der Waals surface area contributed by atoms with Gasteiger partial charge in [-0.2, -0.15) is 0 Å². The second-order valence-corrected chi connectivity index (χ2v) is 5.13. The maximum atomic E-state index is 13.0. The molecule has 1 amide bonds. The Morgan fingerprint density at radius 3 is 2.67 bits per heavy atom. The molecule has 1 aromatic carbocycles. The summed E-state index contributed by atoms with van der Waals surface area (Å²) in [6, 6.07) is 9.73. The van der Waals surface area contributed by atoms with Gasteiger partial charge in [0.2, 0.25) is 0 Å². The van der Waals surface area contributed by atoms with Crippen LogP contribution in [-0.4, -0.2) is 34.9 Å². The number of benzene rings is 1. The number of pyridine rings is 1.